The first-order valence-corrected chi connectivity index (χ1v) is 6.39. The van der Waals surface area contributed by atoms with Gasteiger partial charge in [-0.05, 0) is 48.7 Å². The molecule has 0 fully saturated rings. The van der Waals surface area contributed by atoms with E-state index in [-0.39, 0.29) is 0 Å². The zero-order valence-electron chi connectivity index (χ0n) is 10.6. The number of hydrogen-bond donors (Lipinski definition) is 0. The molecule has 0 spiro atoms. The summed E-state index contributed by atoms with van der Waals surface area (Å²) in [6.45, 7) is 4.05. The van der Waals surface area contributed by atoms with Crippen LogP contribution in [0.3, 0.4) is 0 Å². The van der Waals surface area contributed by atoms with Gasteiger partial charge >= 0.3 is 0 Å². The minimum atomic E-state index is 0.567. The summed E-state index contributed by atoms with van der Waals surface area (Å²) < 4.78 is 5.29. The molecule has 0 saturated carbocycles. The number of benzene rings is 2. The Bertz CT molecular complexity index is 591. The highest BCUT2D eigenvalue weighted by Crippen LogP contribution is 2.37. The van der Waals surface area contributed by atoms with E-state index in [0.29, 0.717) is 10.0 Å². The summed E-state index contributed by atoms with van der Waals surface area (Å²) in [5.41, 5.74) is 4.21. The molecule has 2 aromatic carbocycles. The SMILES string of the molecule is COc1cc(C)cc(-c2c(C)ccc(Cl)c2Cl)c1. The van der Waals surface area contributed by atoms with Crippen LogP contribution in [0.1, 0.15) is 11.1 Å². The molecule has 0 atom stereocenters. The average Bonchev–Trinajstić information content (AvgIpc) is 2.34. The zero-order chi connectivity index (χ0) is 13.3. The monoisotopic (exact) mass is 280 g/mol. The molecule has 94 valence electrons. The van der Waals surface area contributed by atoms with Gasteiger partial charge in [0.2, 0.25) is 0 Å². The second-order valence-corrected chi connectivity index (χ2v) is 5.08. The lowest BCUT2D eigenvalue weighted by atomic mass is 9.98. The third-order valence-electron chi connectivity index (χ3n) is 2.88. The Morgan fingerprint density at radius 3 is 2.39 bits per heavy atom. The van der Waals surface area contributed by atoms with E-state index < -0.39 is 0 Å². The van der Waals surface area contributed by atoms with Crippen LogP contribution in [-0.2, 0) is 0 Å². The summed E-state index contributed by atoms with van der Waals surface area (Å²) in [7, 11) is 1.66. The largest absolute Gasteiger partial charge is 0.497 e. The summed E-state index contributed by atoms with van der Waals surface area (Å²) in [6, 6.07) is 9.82. The molecule has 1 nitrogen and oxygen atoms in total. The van der Waals surface area contributed by atoms with E-state index >= 15 is 0 Å². The number of aryl methyl sites for hydroxylation is 2. The molecule has 0 aliphatic rings. The van der Waals surface area contributed by atoms with Gasteiger partial charge in [-0.15, -0.1) is 0 Å². The minimum absolute atomic E-state index is 0.567. The maximum atomic E-state index is 6.31. The van der Waals surface area contributed by atoms with E-state index in [9.17, 15) is 0 Å². The van der Waals surface area contributed by atoms with Gasteiger partial charge in [-0.25, -0.2) is 0 Å². The van der Waals surface area contributed by atoms with Crippen molar-refractivity contribution >= 4 is 23.2 Å². The Morgan fingerprint density at radius 1 is 1.00 bits per heavy atom. The Morgan fingerprint density at radius 2 is 1.72 bits per heavy atom. The summed E-state index contributed by atoms with van der Waals surface area (Å²) in [6.07, 6.45) is 0. The van der Waals surface area contributed by atoms with E-state index in [1.165, 1.54) is 0 Å². The van der Waals surface area contributed by atoms with Gasteiger partial charge in [-0.2, -0.15) is 0 Å². The second kappa shape index (κ2) is 5.21. The third-order valence-corrected chi connectivity index (χ3v) is 3.68. The summed E-state index contributed by atoms with van der Waals surface area (Å²) in [5.74, 6) is 0.820. The van der Waals surface area contributed by atoms with E-state index in [2.05, 4.69) is 6.07 Å². The molecular formula is C15H14Cl2O. The van der Waals surface area contributed by atoms with Crippen LogP contribution in [0.5, 0.6) is 5.75 Å². The van der Waals surface area contributed by atoms with Gasteiger partial charge in [-0.1, -0.05) is 35.3 Å². The van der Waals surface area contributed by atoms with E-state index in [1.807, 2.05) is 38.1 Å². The van der Waals surface area contributed by atoms with Gasteiger partial charge in [0.15, 0.2) is 0 Å². The van der Waals surface area contributed by atoms with Crippen LogP contribution in [0.2, 0.25) is 10.0 Å². The van der Waals surface area contributed by atoms with Gasteiger partial charge in [0.05, 0.1) is 17.2 Å². The molecule has 2 rings (SSSR count). The van der Waals surface area contributed by atoms with Crippen LogP contribution < -0.4 is 4.74 Å². The maximum absolute atomic E-state index is 6.31. The van der Waals surface area contributed by atoms with Crippen molar-refractivity contribution in [3.8, 4) is 16.9 Å². The lowest BCUT2D eigenvalue weighted by Crippen LogP contribution is -1.90. The Labute approximate surface area is 117 Å². The first-order valence-electron chi connectivity index (χ1n) is 5.63. The quantitative estimate of drug-likeness (QED) is 0.727. The molecule has 0 aromatic heterocycles. The van der Waals surface area contributed by atoms with Crippen LogP contribution in [0, 0.1) is 13.8 Å². The lowest BCUT2D eigenvalue weighted by Gasteiger charge is -2.12. The van der Waals surface area contributed by atoms with Crippen LogP contribution in [0.4, 0.5) is 0 Å². The highest BCUT2D eigenvalue weighted by Gasteiger charge is 2.11. The highest BCUT2D eigenvalue weighted by atomic mass is 35.5. The zero-order valence-corrected chi connectivity index (χ0v) is 12.1. The van der Waals surface area contributed by atoms with Crippen molar-refractivity contribution < 1.29 is 4.74 Å². The normalized spacial score (nSPS) is 10.5. The number of halogens is 2. The predicted molar refractivity (Wildman–Crippen MR) is 77.9 cm³/mol. The van der Waals surface area contributed by atoms with Crippen LogP contribution in [0.25, 0.3) is 11.1 Å². The molecule has 3 heteroatoms. The van der Waals surface area contributed by atoms with Gasteiger partial charge < -0.3 is 4.74 Å². The predicted octanol–water partition coefficient (Wildman–Crippen LogP) is 5.29. The standard InChI is InChI=1S/C15H14Cl2O/c1-9-6-11(8-12(7-9)18-3)14-10(2)4-5-13(16)15(14)17/h4-8H,1-3H3. The average molecular weight is 281 g/mol. The fraction of sp³-hybridized carbons (Fsp3) is 0.200. The Hall–Kier alpha value is -1.18. The van der Waals surface area contributed by atoms with Crippen molar-refractivity contribution in [3.05, 3.63) is 51.5 Å². The van der Waals surface area contributed by atoms with Crippen LogP contribution in [0.15, 0.2) is 30.3 Å². The maximum Gasteiger partial charge on any atom is 0.119 e. The van der Waals surface area contributed by atoms with E-state index in [4.69, 9.17) is 27.9 Å². The summed E-state index contributed by atoms with van der Waals surface area (Å²) in [5, 5.41) is 1.15. The Kier molecular flexibility index (Phi) is 3.84. The molecule has 0 N–H and O–H groups in total. The second-order valence-electron chi connectivity index (χ2n) is 4.29. The van der Waals surface area contributed by atoms with Crippen molar-refractivity contribution in [3.63, 3.8) is 0 Å². The van der Waals surface area contributed by atoms with Crippen LogP contribution in [-0.4, -0.2) is 7.11 Å². The number of rotatable bonds is 2. The molecular weight excluding hydrogens is 267 g/mol. The molecule has 0 heterocycles. The topological polar surface area (TPSA) is 9.23 Å². The first-order chi connectivity index (χ1) is 8.52. The van der Waals surface area contributed by atoms with Crippen molar-refractivity contribution in [1.29, 1.82) is 0 Å². The fourth-order valence-electron chi connectivity index (χ4n) is 2.01. The van der Waals surface area contributed by atoms with Crippen molar-refractivity contribution in [2.45, 2.75) is 13.8 Å². The molecule has 0 aliphatic carbocycles. The summed E-state index contributed by atoms with van der Waals surface area (Å²) >= 11 is 12.4. The highest BCUT2D eigenvalue weighted by molar-refractivity contribution is 6.43. The van der Waals surface area contributed by atoms with Gasteiger partial charge in [0.1, 0.15) is 5.75 Å². The lowest BCUT2D eigenvalue weighted by molar-refractivity contribution is 0.414. The molecule has 0 bridgehead atoms. The minimum Gasteiger partial charge on any atom is -0.497 e. The van der Waals surface area contributed by atoms with Gasteiger partial charge in [-0.3, -0.25) is 0 Å². The van der Waals surface area contributed by atoms with Crippen LogP contribution >= 0.6 is 23.2 Å². The smallest absolute Gasteiger partial charge is 0.119 e. The molecule has 0 aliphatic heterocycles. The molecule has 0 amide bonds. The van der Waals surface area contributed by atoms with Gasteiger partial charge in [0.25, 0.3) is 0 Å². The van der Waals surface area contributed by atoms with E-state index in [0.717, 1.165) is 28.0 Å². The Balaban J connectivity index is 2.69. The molecule has 18 heavy (non-hydrogen) atoms. The van der Waals surface area contributed by atoms with Crippen molar-refractivity contribution in [2.24, 2.45) is 0 Å². The van der Waals surface area contributed by atoms with Crippen molar-refractivity contribution in [2.75, 3.05) is 7.11 Å². The number of methoxy groups -OCH3 is 1. The molecule has 2 aromatic rings. The summed E-state index contributed by atoms with van der Waals surface area (Å²) in [4.78, 5) is 0. The molecule has 0 radical (unpaired) electrons. The van der Waals surface area contributed by atoms with Crippen molar-refractivity contribution in [1.82, 2.24) is 0 Å². The third kappa shape index (κ3) is 2.47. The molecule has 0 saturated heterocycles. The first kappa shape index (κ1) is 13.3. The van der Waals surface area contributed by atoms with Gasteiger partial charge in [0, 0.05) is 5.56 Å². The van der Waals surface area contributed by atoms with E-state index in [1.54, 1.807) is 7.11 Å². The fourth-order valence-corrected chi connectivity index (χ4v) is 2.49. The number of ether oxygens (including phenoxy) is 1. The molecule has 0 unspecified atom stereocenters. The number of hydrogen-bond acceptors (Lipinski definition) is 1.